The predicted molar refractivity (Wildman–Crippen MR) is 75.1 cm³/mol. The first kappa shape index (κ1) is 14.4. The van der Waals surface area contributed by atoms with Gasteiger partial charge in [0.1, 0.15) is 0 Å². The number of nitrogens with two attached hydrogens (primary N) is 1. The largest absolute Gasteiger partial charge is 0.329 e. The number of nitrogens with zero attached hydrogens (tertiary/aromatic N) is 1. The SMILES string of the molecule is NCC1(NS(=O)(=O)CCc2ccccn2)CCCC1. The smallest absolute Gasteiger partial charge is 0.212 e. The first-order valence-corrected chi connectivity index (χ1v) is 8.32. The first-order chi connectivity index (χ1) is 9.05. The van der Waals surface area contributed by atoms with Gasteiger partial charge >= 0.3 is 0 Å². The lowest BCUT2D eigenvalue weighted by atomic mass is 10.0. The van der Waals surface area contributed by atoms with Crippen molar-refractivity contribution in [2.75, 3.05) is 12.3 Å². The summed E-state index contributed by atoms with van der Waals surface area (Å²) in [4.78, 5) is 4.13. The van der Waals surface area contributed by atoms with Crippen LogP contribution in [-0.4, -0.2) is 31.2 Å². The van der Waals surface area contributed by atoms with E-state index in [1.54, 1.807) is 6.20 Å². The Morgan fingerprint density at radius 3 is 2.63 bits per heavy atom. The third-order valence-electron chi connectivity index (χ3n) is 3.68. The maximum absolute atomic E-state index is 12.1. The van der Waals surface area contributed by atoms with E-state index in [1.807, 2.05) is 18.2 Å². The highest BCUT2D eigenvalue weighted by molar-refractivity contribution is 7.89. The molecule has 0 bridgehead atoms. The van der Waals surface area contributed by atoms with E-state index in [-0.39, 0.29) is 5.75 Å². The summed E-state index contributed by atoms with van der Waals surface area (Å²) in [6.07, 6.45) is 5.86. The molecule has 3 N–H and O–H groups in total. The quantitative estimate of drug-likeness (QED) is 0.809. The van der Waals surface area contributed by atoms with E-state index in [1.165, 1.54) is 0 Å². The van der Waals surface area contributed by atoms with Crippen LogP contribution >= 0.6 is 0 Å². The van der Waals surface area contributed by atoms with Gasteiger partial charge in [-0.25, -0.2) is 13.1 Å². The number of sulfonamides is 1. The Hall–Kier alpha value is -0.980. The van der Waals surface area contributed by atoms with E-state index < -0.39 is 15.6 Å². The van der Waals surface area contributed by atoms with Crippen LogP contribution in [-0.2, 0) is 16.4 Å². The lowest BCUT2D eigenvalue weighted by Gasteiger charge is -2.28. The normalized spacial score (nSPS) is 18.6. The minimum atomic E-state index is -3.30. The van der Waals surface area contributed by atoms with Crippen molar-refractivity contribution in [2.45, 2.75) is 37.6 Å². The van der Waals surface area contributed by atoms with Crippen molar-refractivity contribution < 1.29 is 8.42 Å². The van der Waals surface area contributed by atoms with Crippen molar-refractivity contribution in [1.29, 1.82) is 0 Å². The summed E-state index contributed by atoms with van der Waals surface area (Å²) in [7, 11) is -3.30. The molecule has 2 rings (SSSR count). The molecular weight excluding hydrogens is 262 g/mol. The molecule has 1 saturated carbocycles. The first-order valence-electron chi connectivity index (χ1n) is 6.67. The zero-order chi connectivity index (χ0) is 13.8. The van der Waals surface area contributed by atoms with E-state index in [9.17, 15) is 8.42 Å². The van der Waals surface area contributed by atoms with E-state index in [0.717, 1.165) is 31.4 Å². The highest BCUT2D eigenvalue weighted by atomic mass is 32.2. The molecule has 0 saturated heterocycles. The number of rotatable bonds is 6. The van der Waals surface area contributed by atoms with Crippen LogP contribution in [0, 0.1) is 0 Å². The molecule has 1 aliphatic carbocycles. The van der Waals surface area contributed by atoms with Crippen LogP contribution in [0.1, 0.15) is 31.4 Å². The second-order valence-electron chi connectivity index (χ2n) is 5.18. The van der Waals surface area contributed by atoms with Gasteiger partial charge in [0.25, 0.3) is 0 Å². The predicted octanol–water partition coefficient (Wildman–Crippen LogP) is 0.815. The summed E-state index contributed by atoms with van der Waals surface area (Å²) in [6, 6.07) is 5.52. The van der Waals surface area contributed by atoms with Gasteiger partial charge in [0.05, 0.1) is 5.75 Å². The van der Waals surface area contributed by atoms with Gasteiger partial charge < -0.3 is 5.73 Å². The molecule has 1 aliphatic rings. The molecule has 0 aliphatic heterocycles. The van der Waals surface area contributed by atoms with E-state index in [4.69, 9.17) is 5.73 Å². The number of nitrogens with one attached hydrogen (secondary N) is 1. The number of aryl methyl sites for hydroxylation is 1. The topological polar surface area (TPSA) is 85.1 Å². The van der Waals surface area contributed by atoms with E-state index >= 15 is 0 Å². The zero-order valence-electron chi connectivity index (χ0n) is 11.0. The Morgan fingerprint density at radius 1 is 1.32 bits per heavy atom. The number of hydrogen-bond acceptors (Lipinski definition) is 4. The van der Waals surface area contributed by atoms with Crippen LogP contribution in [0.2, 0.25) is 0 Å². The third-order valence-corrected chi connectivity index (χ3v) is 5.16. The summed E-state index contributed by atoms with van der Waals surface area (Å²) in [5.41, 5.74) is 6.12. The van der Waals surface area contributed by atoms with Crippen molar-refractivity contribution in [3.63, 3.8) is 0 Å². The minimum absolute atomic E-state index is 0.0613. The lowest BCUT2D eigenvalue weighted by molar-refractivity contribution is 0.399. The highest BCUT2D eigenvalue weighted by Crippen LogP contribution is 2.29. The van der Waals surface area contributed by atoms with Crippen LogP contribution < -0.4 is 10.5 Å². The number of pyridine rings is 1. The Morgan fingerprint density at radius 2 is 2.05 bits per heavy atom. The Bertz CT molecular complexity index is 496. The lowest BCUT2D eigenvalue weighted by Crippen LogP contribution is -2.52. The van der Waals surface area contributed by atoms with Gasteiger partial charge in [-0.1, -0.05) is 18.9 Å². The van der Waals surface area contributed by atoms with Crippen molar-refractivity contribution in [3.8, 4) is 0 Å². The molecule has 0 spiro atoms. The van der Waals surface area contributed by atoms with E-state index in [0.29, 0.717) is 13.0 Å². The standard InChI is InChI=1S/C13H21N3O2S/c14-11-13(7-2-3-8-13)16-19(17,18)10-6-12-5-1-4-9-15-12/h1,4-5,9,16H,2-3,6-8,10-11,14H2. The van der Waals surface area contributed by atoms with Crippen molar-refractivity contribution in [1.82, 2.24) is 9.71 Å². The molecule has 106 valence electrons. The summed E-state index contributed by atoms with van der Waals surface area (Å²) in [5, 5.41) is 0. The molecule has 0 amide bonds. The van der Waals surface area contributed by atoms with Crippen molar-refractivity contribution in [2.24, 2.45) is 5.73 Å². The molecular formula is C13H21N3O2S. The molecule has 0 aromatic carbocycles. The summed E-state index contributed by atoms with van der Waals surface area (Å²) < 4.78 is 27.1. The van der Waals surface area contributed by atoms with Crippen LogP contribution in [0.5, 0.6) is 0 Å². The molecule has 19 heavy (non-hydrogen) atoms. The zero-order valence-corrected chi connectivity index (χ0v) is 11.8. The van der Waals surface area contributed by atoms with Crippen LogP contribution in [0.3, 0.4) is 0 Å². The van der Waals surface area contributed by atoms with Crippen LogP contribution in [0.25, 0.3) is 0 Å². The fraction of sp³-hybridized carbons (Fsp3) is 0.615. The number of aromatic nitrogens is 1. The molecule has 0 unspecified atom stereocenters. The average molecular weight is 283 g/mol. The monoisotopic (exact) mass is 283 g/mol. The summed E-state index contributed by atoms with van der Waals surface area (Å²) >= 11 is 0. The van der Waals surface area contributed by atoms with Gasteiger partial charge in [-0.3, -0.25) is 4.98 Å². The molecule has 6 heteroatoms. The van der Waals surface area contributed by atoms with Gasteiger partial charge in [0, 0.05) is 30.4 Å². The van der Waals surface area contributed by atoms with Gasteiger partial charge in [0.2, 0.25) is 10.0 Å². The van der Waals surface area contributed by atoms with Crippen molar-refractivity contribution in [3.05, 3.63) is 30.1 Å². The van der Waals surface area contributed by atoms with Gasteiger partial charge in [-0.2, -0.15) is 0 Å². The Balaban J connectivity index is 1.95. The minimum Gasteiger partial charge on any atom is -0.329 e. The molecule has 1 aromatic rings. The molecule has 1 fully saturated rings. The maximum Gasteiger partial charge on any atom is 0.212 e. The number of hydrogen-bond donors (Lipinski definition) is 2. The summed E-state index contributed by atoms with van der Waals surface area (Å²) in [6.45, 7) is 0.371. The summed E-state index contributed by atoms with van der Waals surface area (Å²) in [5.74, 6) is 0.0613. The second-order valence-corrected chi connectivity index (χ2v) is 7.03. The molecule has 5 nitrogen and oxygen atoms in total. The molecule has 1 heterocycles. The fourth-order valence-electron chi connectivity index (χ4n) is 2.57. The van der Waals surface area contributed by atoms with Gasteiger partial charge in [-0.05, 0) is 25.0 Å². The van der Waals surface area contributed by atoms with Gasteiger partial charge in [-0.15, -0.1) is 0 Å². The van der Waals surface area contributed by atoms with E-state index in [2.05, 4.69) is 9.71 Å². The third kappa shape index (κ3) is 3.99. The Labute approximate surface area is 114 Å². The Kier molecular flexibility index (Phi) is 4.54. The molecule has 0 radical (unpaired) electrons. The van der Waals surface area contributed by atoms with Crippen molar-refractivity contribution >= 4 is 10.0 Å². The average Bonchev–Trinajstić information content (AvgIpc) is 2.86. The highest BCUT2D eigenvalue weighted by Gasteiger charge is 2.35. The van der Waals surface area contributed by atoms with Crippen LogP contribution in [0.4, 0.5) is 0 Å². The van der Waals surface area contributed by atoms with Gasteiger partial charge in [0.15, 0.2) is 0 Å². The second kappa shape index (κ2) is 5.98. The van der Waals surface area contributed by atoms with Crippen LogP contribution in [0.15, 0.2) is 24.4 Å². The molecule has 0 atom stereocenters. The maximum atomic E-state index is 12.1. The fourth-order valence-corrected chi connectivity index (χ4v) is 4.09. The molecule has 1 aromatic heterocycles.